The van der Waals surface area contributed by atoms with Crippen molar-refractivity contribution < 1.29 is 9.59 Å². The minimum atomic E-state index is -0.324. The summed E-state index contributed by atoms with van der Waals surface area (Å²) in [5.41, 5.74) is 5.75. The summed E-state index contributed by atoms with van der Waals surface area (Å²) in [5.74, 6) is -0.845. The Morgan fingerprint density at radius 1 is 1.55 bits per heavy atom. The molecule has 1 saturated heterocycles. The molecule has 2 heterocycles. The second kappa shape index (κ2) is 6.00. The van der Waals surface area contributed by atoms with Gasteiger partial charge in [0.25, 0.3) is 5.91 Å². The number of rotatable bonds is 2. The molecule has 0 bridgehead atoms. The number of nitrogens with one attached hydrogen (secondary N) is 1. The van der Waals surface area contributed by atoms with Crippen molar-refractivity contribution >= 4 is 29.1 Å². The van der Waals surface area contributed by atoms with Crippen molar-refractivity contribution in [2.45, 2.75) is 12.8 Å². The summed E-state index contributed by atoms with van der Waals surface area (Å²) in [6.45, 7) is 1.17. The fraction of sp³-hybridized carbons (Fsp3) is 0.500. The minimum absolute atomic E-state index is 0.213. The van der Waals surface area contributed by atoms with E-state index in [-0.39, 0.29) is 17.7 Å². The van der Waals surface area contributed by atoms with E-state index in [0.717, 1.165) is 12.8 Å². The molecule has 3 N–H and O–H groups in total. The summed E-state index contributed by atoms with van der Waals surface area (Å²) in [4.78, 5) is 25.1. The van der Waals surface area contributed by atoms with E-state index in [9.17, 15) is 9.59 Å². The van der Waals surface area contributed by atoms with Gasteiger partial charge in [-0.3, -0.25) is 19.6 Å². The van der Waals surface area contributed by atoms with E-state index in [1.54, 1.807) is 19.3 Å². The Kier molecular flexibility index (Phi) is 4.33. The molecule has 20 heavy (non-hydrogen) atoms. The SMILES string of the molecule is Cn1nccc1C(=O)NC(=S)N1CCCC(C(N)=O)C1. The predicted octanol–water partition coefficient (Wildman–Crippen LogP) is -0.368. The maximum atomic E-state index is 12.0. The Labute approximate surface area is 122 Å². The molecule has 0 aromatic carbocycles. The fourth-order valence-electron chi connectivity index (χ4n) is 2.23. The van der Waals surface area contributed by atoms with E-state index in [1.165, 1.54) is 4.68 Å². The molecule has 0 spiro atoms. The van der Waals surface area contributed by atoms with Crippen molar-refractivity contribution in [3.63, 3.8) is 0 Å². The molecule has 0 radical (unpaired) electrons. The Hall–Kier alpha value is -1.96. The number of hydrogen-bond donors (Lipinski definition) is 2. The Balaban J connectivity index is 1.96. The molecule has 2 amide bonds. The highest BCUT2D eigenvalue weighted by molar-refractivity contribution is 7.80. The lowest BCUT2D eigenvalue weighted by Gasteiger charge is -2.32. The molecule has 108 valence electrons. The van der Waals surface area contributed by atoms with Crippen molar-refractivity contribution in [1.82, 2.24) is 20.0 Å². The third-order valence-corrected chi connectivity index (χ3v) is 3.75. The van der Waals surface area contributed by atoms with Crippen molar-refractivity contribution in [3.05, 3.63) is 18.0 Å². The Bertz CT molecular complexity index is 542. The van der Waals surface area contributed by atoms with Crippen LogP contribution in [0.1, 0.15) is 23.3 Å². The number of aryl methyl sites for hydroxylation is 1. The quantitative estimate of drug-likeness (QED) is 0.726. The van der Waals surface area contributed by atoms with Gasteiger partial charge in [0, 0.05) is 26.3 Å². The summed E-state index contributed by atoms with van der Waals surface area (Å²) < 4.78 is 1.47. The van der Waals surface area contributed by atoms with Crippen LogP contribution in [0.4, 0.5) is 0 Å². The molecule has 1 aliphatic heterocycles. The molecule has 7 nitrogen and oxygen atoms in total. The van der Waals surface area contributed by atoms with Crippen LogP contribution in [0.15, 0.2) is 12.3 Å². The van der Waals surface area contributed by atoms with Gasteiger partial charge in [0.2, 0.25) is 5.91 Å². The number of aromatic nitrogens is 2. The molecular weight excluding hydrogens is 278 g/mol. The number of hydrogen-bond acceptors (Lipinski definition) is 4. The highest BCUT2D eigenvalue weighted by Crippen LogP contribution is 2.16. The molecule has 1 atom stereocenters. The molecule has 0 saturated carbocycles. The number of nitrogens with zero attached hydrogens (tertiary/aromatic N) is 3. The number of piperidine rings is 1. The zero-order chi connectivity index (χ0) is 14.7. The van der Waals surface area contributed by atoms with Gasteiger partial charge < -0.3 is 10.6 Å². The highest BCUT2D eigenvalue weighted by Gasteiger charge is 2.26. The lowest BCUT2D eigenvalue weighted by molar-refractivity contribution is -0.122. The first-order chi connectivity index (χ1) is 9.49. The van der Waals surface area contributed by atoms with Crippen molar-refractivity contribution in [2.75, 3.05) is 13.1 Å². The number of carbonyl (C=O) groups is 2. The second-order valence-electron chi connectivity index (χ2n) is 4.79. The Morgan fingerprint density at radius 2 is 2.30 bits per heavy atom. The lowest BCUT2D eigenvalue weighted by atomic mass is 9.98. The minimum Gasteiger partial charge on any atom is -0.369 e. The van der Waals surface area contributed by atoms with Crippen LogP contribution >= 0.6 is 12.2 Å². The van der Waals surface area contributed by atoms with Crippen LogP contribution in [0.25, 0.3) is 0 Å². The third-order valence-electron chi connectivity index (χ3n) is 3.38. The maximum Gasteiger partial charge on any atom is 0.275 e. The highest BCUT2D eigenvalue weighted by atomic mass is 32.1. The summed E-state index contributed by atoms with van der Waals surface area (Å²) in [6.07, 6.45) is 3.14. The average molecular weight is 295 g/mol. The summed E-state index contributed by atoms with van der Waals surface area (Å²) in [6, 6.07) is 1.61. The molecule has 8 heteroatoms. The van der Waals surface area contributed by atoms with Gasteiger partial charge in [0.15, 0.2) is 5.11 Å². The van der Waals surface area contributed by atoms with Gasteiger partial charge in [-0.25, -0.2) is 0 Å². The topological polar surface area (TPSA) is 93.2 Å². The van der Waals surface area contributed by atoms with Gasteiger partial charge in [-0.05, 0) is 31.1 Å². The number of likely N-dealkylation sites (tertiary alicyclic amines) is 1. The Morgan fingerprint density at radius 3 is 2.90 bits per heavy atom. The number of carbonyl (C=O) groups excluding carboxylic acids is 2. The first kappa shape index (κ1) is 14.4. The van der Waals surface area contributed by atoms with Crippen LogP contribution in [0.5, 0.6) is 0 Å². The van der Waals surface area contributed by atoms with E-state index in [4.69, 9.17) is 18.0 Å². The molecule has 2 rings (SSSR count). The van der Waals surface area contributed by atoms with Crippen LogP contribution in [-0.2, 0) is 11.8 Å². The van der Waals surface area contributed by atoms with Gasteiger partial charge in [-0.15, -0.1) is 0 Å². The fourth-order valence-corrected chi connectivity index (χ4v) is 2.49. The zero-order valence-corrected chi connectivity index (χ0v) is 12.0. The largest absolute Gasteiger partial charge is 0.369 e. The smallest absolute Gasteiger partial charge is 0.275 e. The summed E-state index contributed by atoms with van der Waals surface area (Å²) >= 11 is 5.22. The lowest BCUT2D eigenvalue weighted by Crippen LogP contribution is -2.49. The van der Waals surface area contributed by atoms with Gasteiger partial charge in [0.1, 0.15) is 5.69 Å². The van der Waals surface area contributed by atoms with E-state index < -0.39 is 0 Å². The third kappa shape index (κ3) is 3.13. The van der Waals surface area contributed by atoms with Gasteiger partial charge >= 0.3 is 0 Å². The van der Waals surface area contributed by atoms with Gasteiger partial charge in [-0.2, -0.15) is 5.10 Å². The molecule has 1 aliphatic rings. The number of thiocarbonyl (C=S) groups is 1. The van der Waals surface area contributed by atoms with Crippen molar-refractivity contribution in [1.29, 1.82) is 0 Å². The monoisotopic (exact) mass is 295 g/mol. The van der Waals surface area contributed by atoms with Gasteiger partial charge in [0.05, 0.1) is 5.92 Å². The number of nitrogens with two attached hydrogens (primary N) is 1. The average Bonchev–Trinajstić information content (AvgIpc) is 2.85. The predicted molar refractivity (Wildman–Crippen MR) is 76.8 cm³/mol. The summed E-state index contributed by atoms with van der Waals surface area (Å²) in [7, 11) is 1.68. The van der Waals surface area contributed by atoms with E-state index >= 15 is 0 Å². The number of primary amides is 1. The first-order valence-electron chi connectivity index (χ1n) is 6.36. The standard InChI is InChI=1S/C12H17N5O2S/c1-16-9(4-5-14-16)11(19)15-12(20)17-6-2-3-8(7-17)10(13)18/h4-5,8H,2-3,6-7H2,1H3,(H2,13,18)(H,15,19,20). The molecule has 0 aliphatic carbocycles. The zero-order valence-electron chi connectivity index (χ0n) is 11.2. The van der Waals surface area contributed by atoms with Crippen LogP contribution in [-0.4, -0.2) is 44.7 Å². The molecular formula is C12H17N5O2S. The van der Waals surface area contributed by atoms with Crippen molar-refractivity contribution in [3.8, 4) is 0 Å². The van der Waals surface area contributed by atoms with Crippen LogP contribution < -0.4 is 11.1 Å². The van der Waals surface area contributed by atoms with Gasteiger partial charge in [-0.1, -0.05) is 0 Å². The molecule has 1 aromatic heterocycles. The van der Waals surface area contributed by atoms with E-state index in [2.05, 4.69) is 10.4 Å². The second-order valence-corrected chi connectivity index (χ2v) is 5.17. The van der Waals surface area contributed by atoms with Crippen molar-refractivity contribution in [2.24, 2.45) is 18.7 Å². The summed E-state index contributed by atoms with van der Waals surface area (Å²) in [5, 5.41) is 6.91. The number of amides is 2. The molecule has 1 aromatic rings. The van der Waals surface area contributed by atoms with Crippen LogP contribution in [0, 0.1) is 5.92 Å². The van der Waals surface area contributed by atoms with E-state index in [0.29, 0.717) is 23.9 Å². The van der Waals surface area contributed by atoms with E-state index in [1.807, 2.05) is 4.90 Å². The maximum absolute atomic E-state index is 12.0. The molecule has 1 unspecified atom stereocenters. The first-order valence-corrected chi connectivity index (χ1v) is 6.77. The van der Waals surface area contributed by atoms with Crippen LogP contribution in [0.3, 0.4) is 0 Å². The normalized spacial score (nSPS) is 18.6. The van der Waals surface area contributed by atoms with Crippen LogP contribution in [0.2, 0.25) is 0 Å². The molecule has 1 fully saturated rings.